The highest BCUT2D eigenvalue weighted by Gasteiger charge is 2.09. The van der Waals surface area contributed by atoms with E-state index in [1.165, 1.54) is 12.1 Å². The first kappa shape index (κ1) is 11.7. The predicted octanol–water partition coefficient (Wildman–Crippen LogP) is 3.51. The highest BCUT2D eigenvalue weighted by atomic mass is 35.5. The Kier molecular flexibility index (Phi) is 3.15. The molecule has 1 aromatic carbocycles. The molecule has 0 atom stereocenters. The maximum absolute atomic E-state index is 13.5. The number of hydrogen-bond donors (Lipinski definition) is 2. The summed E-state index contributed by atoms with van der Waals surface area (Å²) in [4.78, 5) is 4.09. The van der Waals surface area contributed by atoms with Crippen molar-refractivity contribution in [3.8, 4) is 0 Å². The van der Waals surface area contributed by atoms with E-state index in [2.05, 4.69) is 10.3 Å². The van der Waals surface area contributed by atoms with Gasteiger partial charge in [0.25, 0.3) is 0 Å². The molecule has 17 heavy (non-hydrogen) atoms. The molecule has 0 spiro atoms. The number of anilines is 3. The van der Waals surface area contributed by atoms with Gasteiger partial charge in [-0.2, -0.15) is 0 Å². The second kappa shape index (κ2) is 4.59. The fraction of sp³-hybridized carbons (Fsp3) is 0.0833. The van der Waals surface area contributed by atoms with E-state index in [4.69, 9.17) is 17.3 Å². The third-order valence-electron chi connectivity index (χ3n) is 2.26. The molecule has 0 radical (unpaired) electrons. The molecule has 0 aliphatic heterocycles. The number of rotatable bonds is 2. The highest BCUT2D eigenvalue weighted by molar-refractivity contribution is 6.33. The fourth-order valence-electron chi connectivity index (χ4n) is 1.43. The Hall–Kier alpha value is -1.81. The summed E-state index contributed by atoms with van der Waals surface area (Å²) in [5.74, 6) is -0.0538. The Balaban J connectivity index is 2.38. The van der Waals surface area contributed by atoms with Crippen molar-refractivity contribution in [1.29, 1.82) is 0 Å². The first-order chi connectivity index (χ1) is 8.08. The van der Waals surface area contributed by atoms with Crippen LogP contribution in [0.1, 0.15) is 5.56 Å². The molecule has 0 aliphatic carbocycles. The Bertz CT molecular complexity index is 537. The number of aromatic nitrogens is 1. The molecule has 2 aromatic rings. The Morgan fingerprint density at radius 2 is 2.18 bits per heavy atom. The number of nitrogens with zero attached hydrogens (tertiary/aromatic N) is 1. The molecule has 1 heterocycles. The highest BCUT2D eigenvalue weighted by Crippen LogP contribution is 2.29. The van der Waals surface area contributed by atoms with Gasteiger partial charge in [0.1, 0.15) is 5.82 Å². The van der Waals surface area contributed by atoms with Crippen LogP contribution in [-0.2, 0) is 0 Å². The van der Waals surface area contributed by atoms with Gasteiger partial charge in [0.05, 0.1) is 16.4 Å². The normalized spacial score (nSPS) is 10.3. The minimum atomic E-state index is -0.445. The maximum Gasteiger partial charge on any atom is 0.153 e. The molecule has 1 aromatic heterocycles. The number of pyridine rings is 1. The quantitative estimate of drug-likeness (QED) is 0.859. The number of halogens is 2. The summed E-state index contributed by atoms with van der Waals surface area (Å²) in [6, 6.07) is 6.20. The molecule has 0 amide bonds. The first-order valence-corrected chi connectivity index (χ1v) is 5.39. The van der Waals surface area contributed by atoms with Crippen molar-refractivity contribution in [2.45, 2.75) is 6.92 Å². The SMILES string of the molecule is Cc1cnc(Nc2c(F)cccc2Cl)c(N)c1. The summed E-state index contributed by atoms with van der Waals surface area (Å²) < 4.78 is 13.5. The maximum atomic E-state index is 13.5. The van der Waals surface area contributed by atoms with Gasteiger partial charge >= 0.3 is 0 Å². The molecular formula is C12H11ClFN3. The molecular weight excluding hydrogens is 241 g/mol. The van der Waals surface area contributed by atoms with Gasteiger partial charge < -0.3 is 11.1 Å². The Morgan fingerprint density at radius 3 is 2.82 bits per heavy atom. The zero-order chi connectivity index (χ0) is 12.4. The molecule has 0 saturated heterocycles. The van der Waals surface area contributed by atoms with Gasteiger partial charge in [-0.25, -0.2) is 9.37 Å². The second-order valence-electron chi connectivity index (χ2n) is 3.67. The average molecular weight is 252 g/mol. The average Bonchev–Trinajstić information content (AvgIpc) is 2.26. The number of aryl methyl sites for hydroxylation is 1. The lowest BCUT2D eigenvalue weighted by Gasteiger charge is -2.10. The van der Waals surface area contributed by atoms with E-state index in [-0.39, 0.29) is 10.7 Å². The van der Waals surface area contributed by atoms with Crippen molar-refractivity contribution >= 4 is 28.8 Å². The van der Waals surface area contributed by atoms with Crippen LogP contribution in [0.4, 0.5) is 21.6 Å². The zero-order valence-electron chi connectivity index (χ0n) is 9.17. The number of benzene rings is 1. The van der Waals surface area contributed by atoms with E-state index in [0.717, 1.165) is 5.56 Å². The second-order valence-corrected chi connectivity index (χ2v) is 4.08. The Labute approximate surface area is 103 Å². The lowest BCUT2D eigenvalue weighted by atomic mass is 10.2. The van der Waals surface area contributed by atoms with Gasteiger partial charge in [0.15, 0.2) is 5.82 Å². The zero-order valence-corrected chi connectivity index (χ0v) is 9.92. The molecule has 0 bridgehead atoms. The smallest absolute Gasteiger partial charge is 0.153 e. The van der Waals surface area contributed by atoms with Crippen LogP contribution in [0.5, 0.6) is 0 Å². The summed E-state index contributed by atoms with van der Waals surface area (Å²) in [6.45, 7) is 1.88. The van der Waals surface area contributed by atoms with Crippen LogP contribution < -0.4 is 11.1 Å². The summed E-state index contributed by atoms with van der Waals surface area (Å²) >= 11 is 5.89. The number of para-hydroxylation sites is 1. The standard InChI is InChI=1S/C12H11ClFN3/c1-7-5-10(15)12(16-6-7)17-11-8(13)3-2-4-9(11)14/h2-6H,15H2,1H3,(H,16,17). The van der Waals surface area contributed by atoms with Crippen molar-refractivity contribution in [3.05, 3.63) is 46.9 Å². The number of hydrogen-bond acceptors (Lipinski definition) is 3. The van der Waals surface area contributed by atoms with Crippen LogP contribution in [0.25, 0.3) is 0 Å². The lowest BCUT2D eigenvalue weighted by molar-refractivity contribution is 0.632. The lowest BCUT2D eigenvalue weighted by Crippen LogP contribution is -2.01. The molecule has 0 unspecified atom stereocenters. The van der Waals surface area contributed by atoms with Gasteiger partial charge in [-0.15, -0.1) is 0 Å². The van der Waals surface area contributed by atoms with Crippen LogP contribution in [-0.4, -0.2) is 4.98 Å². The van der Waals surface area contributed by atoms with Crippen LogP contribution in [0, 0.1) is 12.7 Å². The molecule has 5 heteroatoms. The van der Waals surface area contributed by atoms with Crippen molar-refractivity contribution in [2.24, 2.45) is 0 Å². The van der Waals surface area contributed by atoms with E-state index in [9.17, 15) is 4.39 Å². The van der Waals surface area contributed by atoms with Crippen LogP contribution in [0.3, 0.4) is 0 Å². The largest absolute Gasteiger partial charge is 0.396 e. The topological polar surface area (TPSA) is 50.9 Å². The molecule has 2 rings (SSSR count). The summed E-state index contributed by atoms with van der Waals surface area (Å²) in [7, 11) is 0. The van der Waals surface area contributed by atoms with Gasteiger partial charge in [-0.05, 0) is 30.7 Å². The summed E-state index contributed by atoms with van der Waals surface area (Å²) in [5, 5.41) is 3.08. The van der Waals surface area contributed by atoms with Crippen molar-refractivity contribution in [1.82, 2.24) is 4.98 Å². The van der Waals surface area contributed by atoms with Gasteiger partial charge in [0.2, 0.25) is 0 Å². The van der Waals surface area contributed by atoms with Crippen LogP contribution in [0.15, 0.2) is 30.5 Å². The molecule has 0 saturated carbocycles. The monoisotopic (exact) mass is 251 g/mol. The van der Waals surface area contributed by atoms with E-state index in [1.54, 1.807) is 18.3 Å². The molecule has 0 aliphatic rings. The van der Waals surface area contributed by atoms with E-state index >= 15 is 0 Å². The fourth-order valence-corrected chi connectivity index (χ4v) is 1.64. The predicted molar refractivity (Wildman–Crippen MR) is 68.1 cm³/mol. The minimum absolute atomic E-state index is 0.178. The summed E-state index contributed by atoms with van der Waals surface area (Å²) in [6.07, 6.45) is 1.65. The van der Waals surface area contributed by atoms with Crippen LogP contribution >= 0.6 is 11.6 Å². The third kappa shape index (κ3) is 2.47. The van der Waals surface area contributed by atoms with Crippen molar-refractivity contribution < 1.29 is 4.39 Å². The number of nitrogen functional groups attached to an aromatic ring is 1. The van der Waals surface area contributed by atoms with Crippen LogP contribution in [0.2, 0.25) is 5.02 Å². The Morgan fingerprint density at radius 1 is 1.41 bits per heavy atom. The summed E-state index contributed by atoms with van der Waals surface area (Å²) in [5.41, 5.74) is 7.34. The van der Waals surface area contributed by atoms with E-state index in [0.29, 0.717) is 11.5 Å². The molecule has 3 nitrogen and oxygen atoms in total. The van der Waals surface area contributed by atoms with Gasteiger partial charge in [-0.1, -0.05) is 17.7 Å². The van der Waals surface area contributed by atoms with E-state index < -0.39 is 5.82 Å². The molecule has 3 N–H and O–H groups in total. The van der Waals surface area contributed by atoms with Gasteiger partial charge in [-0.3, -0.25) is 0 Å². The number of nitrogens with two attached hydrogens (primary N) is 1. The van der Waals surface area contributed by atoms with Crippen molar-refractivity contribution in [3.63, 3.8) is 0 Å². The third-order valence-corrected chi connectivity index (χ3v) is 2.58. The minimum Gasteiger partial charge on any atom is -0.396 e. The van der Waals surface area contributed by atoms with Crippen molar-refractivity contribution in [2.75, 3.05) is 11.1 Å². The number of nitrogens with one attached hydrogen (secondary N) is 1. The van der Waals surface area contributed by atoms with Gasteiger partial charge in [0, 0.05) is 6.20 Å². The molecule has 88 valence electrons. The first-order valence-electron chi connectivity index (χ1n) is 5.01. The molecule has 0 fully saturated rings. The van der Waals surface area contributed by atoms with E-state index in [1.807, 2.05) is 6.92 Å².